The highest BCUT2D eigenvalue weighted by molar-refractivity contribution is 7.99. The molecule has 214 valence electrons. The van der Waals surface area contributed by atoms with Gasteiger partial charge in [-0.1, -0.05) is 30.0 Å². The van der Waals surface area contributed by atoms with Crippen LogP contribution in [0.1, 0.15) is 5.56 Å². The van der Waals surface area contributed by atoms with Crippen molar-refractivity contribution in [2.24, 2.45) is 5.10 Å². The second kappa shape index (κ2) is 13.4. The number of ether oxygens (including phenoxy) is 5. The van der Waals surface area contributed by atoms with E-state index in [9.17, 15) is 9.90 Å². The van der Waals surface area contributed by atoms with Crippen molar-refractivity contribution in [1.82, 2.24) is 20.2 Å². The summed E-state index contributed by atoms with van der Waals surface area (Å²) in [4.78, 5) is 12.6. The number of rotatable bonds is 12. The van der Waals surface area contributed by atoms with E-state index in [0.29, 0.717) is 39.4 Å². The van der Waals surface area contributed by atoms with Crippen LogP contribution in [-0.2, 0) is 4.79 Å². The topological polar surface area (TPSA) is 139 Å². The maximum absolute atomic E-state index is 12.6. The molecule has 0 radical (unpaired) electrons. The third-order valence-electron chi connectivity index (χ3n) is 5.81. The molecule has 12 nitrogen and oxygen atoms in total. The lowest BCUT2D eigenvalue weighted by Gasteiger charge is -2.15. The van der Waals surface area contributed by atoms with Crippen molar-refractivity contribution in [3.05, 3.63) is 60.2 Å². The first-order valence-corrected chi connectivity index (χ1v) is 13.1. The number of carbonyl (C=O) groups excluding carboxylic acids is 1. The standard InChI is InChI=1S/C28H29N5O7S/c1-36-20-11-17(12-21(37-2)25(20)35)15-29-30-24(34)16-41-28-32-31-27(33(28)19-9-7-6-8-10-19)18-13-22(38-3)26(40-5)23(14-18)39-4/h6-15,35H,16H2,1-5H3,(H,30,34)/b29-15+. The summed E-state index contributed by atoms with van der Waals surface area (Å²) in [6.07, 6.45) is 1.42. The van der Waals surface area contributed by atoms with E-state index in [1.807, 2.05) is 34.9 Å². The van der Waals surface area contributed by atoms with Crippen LogP contribution in [0.15, 0.2) is 64.9 Å². The number of benzene rings is 3. The predicted octanol–water partition coefficient (Wildman–Crippen LogP) is 3.93. The summed E-state index contributed by atoms with van der Waals surface area (Å²) in [6, 6.07) is 16.2. The van der Waals surface area contributed by atoms with Gasteiger partial charge in [-0.3, -0.25) is 9.36 Å². The van der Waals surface area contributed by atoms with Crippen LogP contribution < -0.4 is 29.1 Å². The van der Waals surface area contributed by atoms with Crippen LogP contribution in [0.2, 0.25) is 0 Å². The fourth-order valence-electron chi connectivity index (χ4n) is 3.90. The number of hydrazone groups is 1. The summed E-state index contributed by atoms with van der Waals surface area (Å²) in [5.41, 5.74) is 4.53. The quantitative estimate of drug-likeness (QED) is 0.144. The van der Waals surface area contributed by atoms with E-state index in [1.54, 1.807) is 38.5 Å². The predicted molar refractivity (Wildman–Crippen MR) is 154 cm³/mol. The number of nitrogens with one attached hydrogen (secondary N) is 1. The minimum atomic E-state index is -0.360. The largest absolute Gasteiger partial charge is 0.502 e. The van der Waals surface area contributed by atoms with Crippen molar-refractivity contribution >= 4 is 23.9 Å². The van der Waals surface area contributed by atoms with E-state index in [2.05, 4.69) is 20.7 Å². The van der Waals surface area contributed by atoms with Crippen molar-refractivity contribution in [2.45, 2.75) is 5.16 Å². The van der Waals surface area contributed by atoms with Gasteiger partial charge in [0.1, 0.15) is 0 Å². The Morgan fingerprint density at radius 2 is 1.51 bits per heavy atom. The van der Waals surface area contributed by atoms with E-state index >= 15 is 0 Å². The summed E-state index contributed by atoms with van der Waals surface area (Å²) in [6.45, 7) is 0. The smallest absolute Gasteiger partial charge is 0.250 e. The Kier molecular flexibility index (Phi) is 9.53. The van der Waals surface area contributed by atoms with E-state index in [4.69, 9.17) is 23.7 Å². The van der Waals surface area contributed by atoms with Crippen molar-refractivity contribution in [3.63, 3.8) is 0 Å². The number of methoxy groups -OCH3 is 5. The van der Waals surface area contributed by atoms with E-state index in [0.717, 1.165) is 5.69 Å². The Hall–Kier alpha value is -4.91. The summed E-state index contributed by atoms with van der Waals surface area (Å²) in [5, 5.41) is 23.3. The van der Waals surface area contributed by atoms with Crippen LogP contribution in [-0.4, -0.2) is 73.3 Å². The molecule has 0 atom stereocenters. The fourth-order valence-corrected chi connectivity index (χ4v) is 4.64. The number of amides is 1. The van der Waals surface area contributed by atoms with Gasteiger partial charge >= 0.3 is 0 Å². The number of hydrogen-bond acceptors (Lipinski definition) is 11. The fraction of sp³-hybridized carbons (Fsp3) is 0.214. The molecule has 0 saturated carbocycles. The Bertz CT molecular complexity index is 1490. The average Bonchev–Trinajstić information content (AvgIpc) is 3.44. The first kappa shape index (κ1) is 29.1. The van der Waals surface area contributed by atoms with Crippen LogP contribution in [0.25, 0.3) is 17.1 Å². The number of aromatic hydroxyl groups is 1. The number of carbonyl (C=O) groups is 1. The number of thioether (sulfide) groups is 1. The molecule has 2 N–H and O–H groups in total. The van der Waals surface area contributed by atoms with Crippen LogP contribution in [0.5, 0.6) is 34.5 Å². The van der Waals surface area contributed by atoms with Crippen LogP contribution in [0, 0.1) is 0 Å². The van der Waals surface area contributed by atoms with E-state index in [1.165, 1.54) is 39.3 Å². The van der Waals surface area contributed by atoms with Crippen molar-refractivity contribution in [1.29, 1.82) is 0 Å². The highest BCUT2D eigenvalue weighted by atomic mass is 32.2. The molecule has 1 amide bonds. The molecule has 0 aliphatic rings. The second-order valence-electron chi connectivity index (χ2n) is 8.25. The zero-order valence-corrected chi connectivity index (χ0v) is 23.9. The molecule has 0 saturated heterocycles. The first-order valence-electron chi connectivity index (χ1n) is 12.1. The normalized spacial score (nSPS) is 10.9. The lowest BCUT2D eigenvalue weighted by Crippen LogP contribution is -2.20. The molecule has 0 fully saturated rings. The van der Waals surface area contributed by atoms with Gasteiger partial charge in [0.2, 0.25) is 11.5 Å². The molecule has 0 aliphatic carbocycles. The highest BCUT2D eigenvalue weighted by Crippen LogP contribution is 2.42. The molecule has 3 aromatic carbocycles. The maximum Gasteiger partial charge on any atom is 0.250 e. The summed E-state index contributed by atoms with van der Waals surface area (Å²) in [7, 11) is 7.47. The van der Waals surface area contributed by atoms with E-state index in [-0.39, 0.29) is 28.9 Å². The molecule has 0 spiro atoms. The molecule has 13 heteroatoms. The molecule has 41 heavy (non-hydrogen) atoms. The molecule has 0 bridgehead atoms. The first-order chi connectivity index (χ1) is 19.9. The van der Waals surface area contributed by atoms with Gasteiger partial charge in [0.25, 0.3) is 5.91 Å². The molecule has 1 aromatic heterocycles. The van der Waals surface area contributed by atoms with Crippen molar-refractivity contribution < 1.29 is 33.6 Å². The van der Waals surface area contributed by atoms with E-state index < -0.39 is 0 Å². The Balaban J connectivity index is 1.56. The Morgan fingerprint density at radius 1 is 0.902 bits per heavy atom. The monoisotopic (exact) mass is 579 g/mol. The molecule has 0 unspecified atom stereocenters. The Labute approximate surface area is 240 Å². The second-order valence-corrected chi connectivity index (χ2v) is 9.19. The molecule has 4 aromatic rings. The third kappa shape index (κ3) is 6.47. The van der Waals surface area contributed by atoms with Gasteiger partial charge < -0.3 is 28.8 Å². The van der Waals surface area contributed by atoms with Gasteiger partial charge in [-0.25, -0.2) is 5.43 Å². The third-order valence-corrected chi connectivity index (χ3v) is 6.74. The van der Waals surface area contributed by atoms with Gasteiger partial charge in [0.15, 0.2) is 34.0 Å². The number of para-hydroxylation sites is 1. The number of phenolic OH excluding ortho intramolecular Hbond substituents is 1. The van der Waals surface area contributed by atoms with Crippen molar-refractivity contribution in [2.75, 3.05) is 41.3 Å². The summed E-state index contributed by atoms with van der Waals surface area (Å²) < 4.78 is 28.6. The molecular formula is C28H29N5O7S. The minimum absolute atomic E-state index is 0.0137. The number of hydrogen-bond donors (Lipinski definition) is 2. The zero-order valence-electron chi connectivity index (χ0n) is 23.1. The minimum Gasteiger partial charge on any atom is -0.502 e. The SMILES string of the molecule is COc1cc(/C=N/NC(=O)CSc2nnc(-c3cc(OC)c(OC)c(OC)c3)n2-c2ccccc2)cc(OC)c1O. The Morgan fingerprint density at radius 3 is 2.07 bits per heavy atom. The maximum atomic E-state index is 12.6. The lowest BCUT2D eigenvalue weighted by molar-refractivity contribution is -0.118. The number of aromatic nitrogens is 3. The van der Waals surface area contributed by atoms with Crippen LogP contribution in [0.3, 0.4) is 0 Å². The van der Waals surface area contributed by atoms with Crippen LogP contribution >= 0.6 is 11.8 Å². The van der Waals surface area contributed by atoms with Gasteiger partial charge in [-0.05, 0) is 36.4 Å². The molecule has 0 aliphatic heterocycles. The van der Waals surface area contributed by atoms with Gasteiger partial charge in [0.05, 0.1) is 47.5 Å². The molecule has 4 rings (SSSR count). The summed E-state index contributed by atoms with van der Waals surface area (Å²) in [5.74, 6) is 1.89. The number of phenols is 1. The zero-order chi connectivity index (χ0) is 29.4. The van der Waals surface area contributed by atoms with Crippen molar-refractivity contribution in [3.8, 4) is 51.6 Å². The van der Waals surface area contributed by atoms with Gasteiger partial charge in [-0.2, -0.15) is 5.10 Å². The van der Waals surface area contributed by atoms with Crippen LogP contribution in [0.4, 0.5) is 0 Å². The highest BCUT2D eigenvalue weighted by Gasteiger charge is 2.21. The van der Waals surface area contributed by atoms with Gasteiger partial charge in [0, 0.05) is 16.8 Å². The lowest BCUT2D eigenvalue weighted by atomic mass is 10.1. The average molecular weight is 580 g/mol. The molecular weight excluding hydrogens is 550 g/mol. The number of nitrogens with zero attached hydrogens (tertiary/aromatic N) is 4. The molecule has 1 heterocycles. The summed E-state index contributed by atoms with van der Waals surface area (Å²) >= 11 is 1.20. The van der Waals surface area contributed by atoms with Gasteiger partial charge in [-0.15, -0.1) is 10.2 Å².